The van der Waals surface area contributed by atoms with Gasteiger partial charge in [0.15, 0.2) is 0 Å². The summed E-state index contributed by atoms with van der Waals surface area (Å²) in [6, 6.07) is 7.33. The fourth-order valence-electron chi connectivity index (χ4n) is 3.49. The Morgan fingerprint density at radius 3 is 2.76 bits per heavy atom. The van der Waals surface area contributed by atoms with Crippen LogP contribution < -0.4 is 10.1 Å². The van der Waals surface area contributed by atoms with Crippen LogP contribution in [0.4, 0.5) is 0 Å². The van der Waals surface area contributed by atoms with Gasteiger partial charge in [0.05, 0.1) is 0 Å². The van der Waals surface area contributed by atoms with Gasteiger partial charge in [0.25, 0.3) is 0 Å². The molecular formula is C18H28N2O. The minimum atomic E-state index is -0.0403. The monoisotopic (exact) mass is 288 g/mol. The molecule has 2 heterocycles. The van der Waals surface area contributed by atoms with E-state index in [0.717, 1.165) is 18.7 Å². The molecular weight excluding hydrogens is 260 g/mol. The van der Waals surface area contributed by atoms with Gasteiger partial charge in [-0.2, -0.15) is 0 Å². The first kappa shape index (κ1) is 14.9. The standard InChI is InChI=1S/C18H28N2O/c1-4-20-9-7-16(8-10-20)19-13-14-5-6-17-15(11-14)12-18(2,3)21-17/h5-6,11,16,19H,4,7-10,12-13H2,1-3H3. The average Bonchev–Trinajstić information content (AvgIpc) is 2.78. The lowest BCUT2D eigenvalue weighted by Gasteiger charge is -2.31. The molecule has 0 radical (unpaired) electrons. The van der Waals surface area contributed by atoms with Gasteiger partial charge in [0.1, 0.15) is 11.4 Å². The number of piperidine rings is 1. The highest BCUT2D eigenvalue weighted by molar-refractivity contribution is 5.41. The quantitative estimate of drug-likeness (QED) is 0.922. The summed E-state index contributed by atoms with van der Waals surface area (Å²) in [7, 11) is 0. The zero-order valence-electron chi connectivity index (χ0n) is 13.6. The first-order valence-corrected chi connectivity index (χ1v) is 8.32. The van der Waals surface area contributed by atoms with Crippen molar-refractivity contribution in [2.75, 3.05) is 19.6 Å². The fraction of sp³-hybridized carbons (Fsp3) is 0.667. The second-order valence-electron chi connectivity index (χ2n) is 7.07. The highest BCUT2D eigenvalue weighted by Crippen LogP contribution is 2.35. The Morgan fingerprint density at radius 2 is 2.05 bits per heavy atom. The van der Waals surface area contributed by atoms with Gasteiger partial charge in [-0.15, -0.1) is 0 Å². The topological polar surface area (TPSA) is 24.5 Å². The number of ether oxygens (including phenoxy) is 1. The molecule has 21 heavy (non-hydrogen) atoms. The lowest BCUT2D eigenvalue weighted by molar-refractivity contribution is 0.138. The van der Waals surface area contributed by atoms with Crippen molar-refractivity contribution < 1.29 is 4.74 Å². The van der Waals surface area contributed by atoms with Crippen molar-refractivity contribution >= 4 is 0 Å². The largest absolute Gasteiger partial charge is 0.487 e. The van der Waals surface area contributed by atoms with Gasteiger partial charge in [-0.3, -0.25) is 0 Å². The lowest BCUT2D eigenvalue weighted by atomic mass is 10.00. The smallest absolute Gasteiger partial charge is 0.123 e. The first-order valence-electron chi connectivity index (χ1n) is 8.32. The Balaban J connectivity index is 1.53. The van der Waals surface area contributed by atoms with Crippen LogP contribution in [0.1, 0.15) is 44.7 Å². The molecule has 0 amide bonds. The molecule has 1 fully saturated rings. The third kappa shape index (κ3) is 3.58. The maximum absolute atomic E-state index is 5.94. The van der Waals surface area contributed by atoms with E-state index in [1.807, 2.05) is 0 Å². The highest BCUT2D eigenvalue weighted by Gasteiger charge is 2.29. The molecule has 1 saturated heterocycles. The van der Waals surface area contributed by atoms with Crippen molar-refractivity contribution in [2.24, 2.45) is 0 Å². The number of likely N-dealkylation sites (tertiary alicyclic amines) is 1. The number of hydrogen-bond donors (Lipinski definition) is 1. The SMILES string of the molecule is CCN1CCC(NCc2ccc3c(c2)CC(C)(C)O3)CC1. The van der Waals surface area contributed by atoms with Crippen molar-refractivity contribution in [3.8, 4) is 5.75 Å². The Labute approximate surface area is 128 Å². The summed E-state index contributed by atoms with van der Waals surface area (Å²) in [5, 5.41) is 3.73. The molecule has 0 saturated carbocycles. The molecule has 0 aliphatic carbocycles. The number of fused-ring (bicyclic) bond motifs is 1. The summed E-state index contributed by atoms with van der Waals surface area (Å²) >= 11 is 0. The highest BCUT2D eigenvalue weighted by atomic mass is 16.5. The third-order valence-electron chi connectivity index (χ3n) is 4.76. The molecule has 3 rings (SSSR count). The van der Waals surface area contributed by atoms with Crippen LogP contribution >= 0.6 is 0 Å². The van der Waals surface area contributed by atoms with Crippen LogP contribution in [0, 0.1) is 0 Å². The van der Waals surface area contributed by atoms with E-state index in [-0.39, 0.29) is 5.60 Å². The van der Waals surface area contributed by atoms with Crippen molar-refractivity contribution in [1.29, 1.82) is 0 Å². The van der Waals surface area contributed by atoms with Crippen LogP contribution in [0.3, 0.4) is 0 Å². The first-order chi connectivity index (χ1) is 10.1. The van der Waals surface area contributed by atoms with Crippen LogP contribution in [-0.2, 0) is 13.0 Å². The molecule has 3 nitrogen and oxygen atoms in total. The van der Waals surface area contributed by atoms with Gasteiger partial charge < -0.3 is 15.0 Å². The summed E-state index contributed by atoms with van der Waals surface area (Å²) in [5.74, 6) is 1.07. The minimum absolute atomic E-state index is 0.0403. The van der Waals surface area contributed by atoms with E-state index < -0.39 is 0 Å². The predicted molar refractivity (Wildman–Crippen MR) is 86.8 cm³/mol. The van der Waals surface area contributed by atoms with Crippen molar-refractivity contribution in [3.05, 3.63) is 29.3 Å². The molecule has 1 N–H and O–H groups in total. The molecule has 0 spiro atoms. The van der Waals surface area contributed by atoms with E-state index >= 15 is 0 Å². The van der Waals surface area contributed by atoms with Gasteiger partial charge in [-0.25, -0.2) is 0 Å². The van der Waals surface area contributed by atoms with E-state index in [1.54, 1.807) is 0 Å². The van der Waals surface area contributed by atoms with E-state index in [9.17, 15) is 0 Å². The number of hydrogen-bond acceptors (Lipinski definition) is 3. The predicted octanol–water partition coefficient (Wildman–Crippen LogP) is 2.97. The van der Waals surface area contributed by atoms with Gasteiger partial charge in [0, 0.05) is 19.0 Å². The van der Waals surface area contributed by atoms with E-state index in [2.05, 4.69) is 49.2 Å². The number of nitrogens with one attached hydrogen (secondary N) is 1. The molecule has 0 unspecified atom stereocenters. The Kier molecular flexibility index (Phi) is 4.23. The molecule has 0 aromatic heterocycles. The van der Waals surface area contributed by atoms with Gasteiger partial charge in [0.2, 0.25) is 0 Å². The summed E-state index contributed by atoms with van der Waals surface area (Å²) in [6.45, 7) is 11.2. The second-order valence-corrected chi connectivity index (χ2v) is 7.07. The normalized spacial score (nSPS) is 22.0. The van der Waals surface area contributed by atoms with Crippen molar-refractivity contribution in [3.63, 3.8) is 0 Å². The lowest BCUT2D eigenvalue weighted by Crippen LogP contribution is -2.42. The van der Waals surface area contributed by atoms with Crippen LogP contribution in [0.25, 0.3) is 0 Å². The fourth-order valence-corrected chi connectivity index (χ4v) is 3.49. The van der Waals surface area contributed by atoms with Crippen LogP contribution in [0.2, 0.25) is 0 Å². The van der Waals surface area contributed by atoms with E-state index in [0.29, 0.717) is 6.04 Å². The molecule has 0 atom stereocenters. The van der Waals surface area contributed by atoms with Gasteiger partial charge >= 0.3 is 0 Å². The Morgan fingerprint density at radius 1 is 1.29 bits per heavy atom. The summed E-state index contributed by atoms with van der Waals surface area (Å²) < 4.78 is 5.94. The molecule has 0 bridgehead atoms. The second kappa shape index (κ2) is 5.98. The van der Waals surface area contributed by atoms with Crippen molar-refractivity contribution in [1.82, 2.24) is 10.2 Å². The Hall–Kier alpha value is -1.06. The zero-order valence-corrected chi connectivity index (χ0v) is 13.6. The number of nitrogens with zero attached hydrogens (tertiary/aromatic N) is 1. The molecule has 2 aliphatic rings. The number of rotatable bonds is 4. The van der Waals surface area contributed by atoms with Crippen LogP contribution in [0.15, 0.2) is 18.2 Å². The van der Waals surface area contributed by atoms with Gasteiger partial charge in [-0.1, -0.05) is 19.1 Å². The zero-order chi connectivity index (χ0) is 14.9. The average molecular weight is 288 g/mol. The van der Waals surface area contributed by atoms with Gasteiger partial charge in [-0.05, 0) is 63.5 Å². The third-order valence-corrected chi connectivity index (χ3v) is 4.76. The van der Waals surface area contributed by atoms with E-state index in [1.165, 1.54) is 43.6 Å². The van der Waals surface area contributed by atoms with Crippen LogP contribution in [0.5, 0.6) is 5.75 Å². The number of benzene rings is 1. The molecule has 2 aliphatic heterocycles. The summed E-state index contributed by atoms with van der Waals surface area (Å²) in [6.07, 6.45) is 3.56. The maximum Gasteiger partial charge on any atom is 0.123 e. The Bertz CT molecular complexity index is 490. The molecule has 1 aromatic rings. The molecule has 116 valence electrons. The summed E-state index contributed by atoms with van der Waals surface area (Å²) in [5.41, 5.74) is 2.70. The maximum atomic E-state index is 5.94. The van der Waals surface area contributed by atoms with Crippen molar-refractivity contribution in [2.45, 2.75) is 58.2 Å². The molecule has 1 aromatic carbocycles. The van der Waals surface area contributed by atoms with Crippen LogP contribution in [-0.4, -0.2) is 36.2 Å². The summed E-state index contributed by atoms with van der Waals surface area (Å²) in [4.78, 5) is 2.53. The van der Waals surface area contributed by atoms with E-state index in [4.69, 9.17) is 4.74 Å². The minimum Gasteiger partial charge on any atom is -0.487 e. The molecule has 3 heteroatoms.